The van der Waals surface area contributed by atoms with Crippen LogP contribution in [0.4, 0.5) is 5.69 Å². The minimum absolute atomic E-state index is 0.0479. The Morgan fingerprint density at radius 3 is 2.62 bits per heavy atom. The van der Waals surface area contributed by atoms with Crippen LogP contribution < -0.4 is 14.8 Å². The molecule has 0 bridgehead atoms. The van der Waals surface area contributed by atoms with Crippen LogP contribution in [0, 0.1) is 0 Å². The van der Waals surface area contributed by atoms with E-state index in [1.807, 2.05) is 0 Å². The number of amides is 1. The second-order valence-electron chi connectivity index (χ2n) is 5.27. The third-order valence-electron chi connectivity index (χ3n) is 3.42. The first-order valence-electron chi connectivity index (χ1n) is 7.03. The molecule has 1 aliphatic rings. The maximum Gasteiger partial charge on any atom is 0.269 e. The summed E-state index contributed by atoms with van der Waals surface area (Å²) in [7, 11) is -3.41. The van der Waals surface area contributed by atoms with Gasteiger partial charge in [-0.3, -0.25) is 4.79 Å². The van der Waals surface area contributed by atoms with E-state index in [0.717, 1.165) is 6.26 Å². The molecule has 3 rings (SSSR count). The number of ether oxygens (including phenoxy) is 2. The lowest BCUT2D eigenvalue weighted by Gasteiger charge is -2.25. The Kier molecular flexibility index (Phi) is 4.38. The van der Waals surface area contributed by atoms with Crippen LogP contribution in [0.5, 0.6) is 11.5 Å². The highest BCUT2D eigenvalue weighted by molar-refractivity contribution is 7.90. The monoisotopic (exact) mass is 367 g/mol. The molecule has 0 fully saturated rings. The van der Waals surface area contributed by atoms with E-state index in [1.54, 1.807) is 24.3 Å². The van der Waals surface area contributed by atoms with Gasteiger partial charge in [0.1, 0.15) is 6.61 Å². The predicted octanol–water partition coefficient (Wildman–Crippen LogP) is 2.52. The summed E-state index contributed by atoms with van der Waals surface area (Å²) in [5, 5.41) is 2.81. The molecular formula is C16H14ClNO5S. The SMILES string of the molecule is CS(=O)(=O)c1ccc(Cl)c(NC(=O)[C@H]2COc3ccccc3O2)c1. The number of carbonyl (C=O) groups excluding carboxylic acids is 1. The highest BCUT2D eigenvalue weighted by Crippen LogP contribution is 2.31. The lowest BCUT2D eigenvalue weighted by Crippen LogP contribution is -2.40. The van der Waals surface area contributed by atoms with Crippen LogP contribution >= 0.6 is 11.6 Å². The molecule has 24 heavy (non-hydrogen) atoms. The molecule has 1 amide bonds. The minimum Gasteiger partial charge on any atom is -0.485 e. The Hall–Kier alpha value is -2.25. The molecule has 0 spiro atoms. The number of benzene rings is 2. The standard InChI is InChI=1S/C16H14ClNO5S/c1-24(20,21)10-6-7-11(17)12(8-10)18-16(19)15-9-22-13-4-2-3-5-14(13)23-15/h2-8,15H,9H2,1H3,(H,18,19)/t15-/m1/s1. The van der Waals surface area contributed by atoms with Crippen molar-refractivity contribution in [1.29, 1.82) is 0 Å². The zero-order valence-electron chi connectivity index (χ0n) is 12.7. The first kappa shape index (κ1) is 16.6. The van der Waals surface area contributed by atoms with Gasteiger partial charge in [-0.2, -0.15) is 0 Å². The molecule has 2 aromatic carbocycles. The molecule has 8 heteroatoms. The summed E-state index contributed by atoms with van der Waals surface area (Å²) in [4.78, 5) is 12.4. The molecule has 6 nitrogen and oxygen atoms in total. The van der Waals surface area contributed by atoms with Crippen LogP contribution in [-0.2, 0) is 14.6 Å². The number of hydrogen-bond donors (Lipinski definition) is 1. The van der Waals surface area contributed by atoms with E-state index >= 15 is 0 Å². The average Bonchev–Trinajstić information content (AvgIpc) is 2.55. The fourth-order valence-electron chi connectivity index (χ4n) is 2.19. The smallest absolute Gasteiger partial charge is 0.269 e. The second-order valence-corrected chi connectivity index (χ2v) is 7.69. The molecule has 1 N–H and O–H groups in total. The van der Waals surface area contributed by atoms with Crippen molar-refractivity contribution in [3.63, 3.8) is 0 Å². The van der Waals surface area contributed by atoms with Crippen molar-refractivity contribution < 1.29 is 22.7 Å². The molecule has 1 heterocycles. The fraction of sp³-hybridized carbons (Fsp3) is 0.188. The number of hydrogen-bond acceptors (Lipinski definition) is 5. The van der Waals surface area contributed by atoms with Crippen LogP contribution in [0.15, 0.2) is 47.4 Å². The lowest BCUT2D eigenvalue weighted by molar-refractivity contribution is -0.125. The van der Waals surface area contributed by atoms with Gasteiger partial charge < -0.3 is 14.8 Å². The van der Waals surface area contributed by atoms with Crippen molar-refractivity contribution in [2.75, 3.05) is 18.2 Å². The number of rotatable bonds is 3. The third-order valence-corrected chi connectivity index (χ3v) is 4.86. The summed E-state index contributed by atoms with van der Waals surface area (Å²) < 4.78 is 34.3. The number of nitrogens with one attached hydrogen (secondary N) is 1. The van der Waals surface area contributed by atoms with Crippen molar-refractivity contribution in [2.24, 2.45) is 0 Å². The van der Waals surface area contributed by atoms with Crippen molar-refractivity contribution in [2.45, 2.75) is 11.0 Å². The first-order chi connectivity index (χ1) is 11.3. The second kappa shape index (κ2) is 6.33. The van der Waals surface area contributed by atoms with E-state index < -0.39 is 21.8 Å². The van der Waals surface area contributed by atoms with E-state index in [-0.39, 0.29) is 22.2 Å². The predicted molar refractivity (Wildman–Crippen MR) is 89.5 cm³/mol. The number of carbonyl (C=O) groups is 1. The average molecular weight is 368 g/mol. The summed E-state index contributed by atoms with van der Waals surface area (Å²) in [6.07, 6.45) is 0.217. The zero-order valence-corrected chi connectivity index (χ0v) is 14.2. The van der Waals surface area contributed by atoms with Gasteiger partial charge in [0.05, 0.1) is 15.6 Å². The van der Waals surface area contributed by atoms with Gasteiger partial charge >= 0.3 is 0 Å². The lowest BCUT2D eigenvalue weighted by atomic mass is 10.2. The molecule has 1 aliphatic heterocycles. The number of para-hydroxylation sites is 2. The summed E-state index contributed by atoms with van der Waals surface area (Å²) in [5.74, 6) is 0.565. The summed E-state index contributed by atoms with van der Waals surface area (Å²) in [6.45, 7) is 0.0479. The van der Waals surface area contributed by atoms with Crippen LogP contribution in [0.3, 0.4) is 0 Å². The molecule has 0 unspecified atom stereocenters. The van der Waals surface area contributed by atoms with E-state index in [4.69, 9.17) is 21.1 Å². The van der Waals surface area contributed by atoms with Crippen LogP contribution in [0.2, 0.25) is 5.02 Å². The van der Waals surface area contributed by atoms with Gasteiger partial charge in [0.25, 0.3) is 5.91 Å². The largest absolute Gasteiger partial charge is 0.485 e. The van der Waals surface area contributed by atoms with Gasteiger partial charge in [0.15, 0.2) is 21.3 Å². The van der Waals surface area contributed by atoms with Crippen LogP contribution in [0.25, 0.3) is 0 Å². The number of halogens is 1. The van der Waals surface area contributed by atoms with Gasteiger partial charge in [-0.15, -0.1) is 0 Å². The van der Waals surface area contributed by atoms with Gasteiger partial charge in [-0.05, 0) is 30.3 Å². The summed E-state index contributed by atoms with van der Waals surface area (Å²) in [6, 6.07) is 11.1. The van der Waals surface area contributed by atoms with Gasteiger partial charge in [0.2, 0.25) is 6.10 Å². The topological polar surface area (TPSA) is 81.7 Å². The Bertz CT molecular complexity index is 897. The summed E-state index contributed by atoms with van der Waals surface area (Å²) in [5.41, 5.74) is 0.201. The van der Waals surface area contributed by atoms with E-state index in [0.29, 0.717) is 11.5 Å². The summed E-state index contributed by atoms with van der Waals surface area (Å²) >= 11 is 6.03. The Morgan fingerprint density at radius 2 is 1.92 bits per heavy atom. The fourth-order valence-corrected chi connectivity index (χ4v) is 3.00. The molecule has 126 valence electrons. The molecule has 2 aromatic rings. The molecule has 0 saturated heterocycles. The Labute approximate surface area is 144 Å². The van der Waals surface area contributed by atoms with Crippen LogP contribution in [0.1, 0.15) is 0 Å². The highest BCUT2D eigenvalue weighted by atomic mass is 35.5. The maximum atomic E-state index is 12.4. The van der Waals surface area contributed by atoms with Crippen molar-refractivity contribution in [3.8, 4) is 11.5 Å². The van der Waals surface area contributed by atoms with Crippen LogP contribution in [-0.4, -0.2) is 33.3 Å². The van der Waals surface area contributed by atoms with E-state index in [1.165, 1.54) is 18.2 Å². The first-order valence-corrected chi connectivity index (χ1v) is 9.30. The molecule has 1 atom stereocenters. The van der Waals surface area contributed by atoms with Crippen molar-refractivity contribution in [3.05, 3.63) is 47.5 Å². The third kappa shape index (κ3) is 3.47. The van der Waals surface area contributed by atoms with Gasteiger partial charge in [-0.1, -0.05) is 23.7 Å². The molecule has 0 saturated carbocycles. The number of sulfone groups is 1. The molecule has 0 radical (unpaired) electrons. The minimum atomic E-state index is -3.41. The van der Waals surface area contributed by atoms with E-state index in [2.05, 4.69) is 5.32 Å². The normalized spacial score (nSPS) is 16.5. The number of anilines is 1. The Balaban J connectivity index is 1.79. The highest BCUT2D eigenvalue weighted by Gasteiger charge is 2.28. The van der Waals surface area contributed by atoms with Crippen molar-refractivity contribution >= 4 is 33.0 Å². The van der Waals surface area contributed by atoms with Gasteiger partial charge in [0, 0.05) is 6.26 Å². The van der Waals surface area contributed by atoms with Gasteiger partial charge in [-0.25, -0.2) is 8.42 Å². The molecular weight excluding hydrogens is 354 g/mol. The zero-order chi connectivity index (χ0) is 17.3. The quantitative estimate of drug-likeness (QED) is 0.901. The maximum absolute atomic E-state index is 12.4. The van der Waals surface area contributed by atoms with Crippen molar-refractivity contribution in [1.82, 2.24) is 0 Å². The Morgan fingerprint density at radius 1 is 1.21 bits per heavy atom. The molecule has 0 aromatic heterocycles. The molecule has 0 aliphatic carbocycles. The number of fused-ring (bicyclic) bond motifs is 1. The van der Waals surface area contributed by atoms with E-state index in [9.17, 15) is 13.2 Å².